The number of ether oxygens (including phenoxy) is 1. The molecule has 0 aromatic heterocycles. The molecule has 0 bridgehead atoms. The van der Waals surface area contributed by atoms with Crippen LogP contribution >= 0.6 is 0 Å². The van der Waals surface area contributed by atoms with Gasteiger partial charge in [0.2, 0.25) is 0 Å². The fraction of sp³-hybridized carbons (Fsp3) is 0.533. The molecular formula is C15H21FN2O2. The first-order valence-electron chi connectivity index (χ1n) is 7.06. The highest BCUT2D eigenvalue weighted by Gasteiger charge is 2.13. The molecule has 0 radical (unpaired) electrons. The van der Waals surface area contributed by atoms with Gasteiger partial charge >= 0.3 is 0 Å². The van der Waals surface area contributed by atoms with Crippen molar-refractivity contribution < 1.29 is 13.9 Å². The maximum Gasteiger partial charge on any atom is 0.251 e. The van der Waals surface area contributed by atoms with Crippen LogP contribution in [-0.2, 0) is 0 Å². The predicted octanol–water partition coefficient (Wildman–Crippen LogP) is 2.10. The Morgan fingerprint density at radius 1 is 1.50 bits per heavy atom. The van der Waals surface area contributed by atoms with Gasteiger partial charge in [-0.05, 0) is 44.0 Å². The first kappa shape index (κ1) is 14.8. The van der Waals surface area contributed by atoms with Crippen LogP contribution in [0.3, 0.4) is 0 Å². The fourth-order valence-corrected chi connectivity index (χ4v) is 2.44. The third-order valence-corrected chi connectivity index (χ3v) is 3.60. The standard InChI is InChI=1S/C15H21FN2O2/c1-20-14-6-5-11(10-13(14)16)15(19)18-9-7-12-4-2-3-8-17-12/h5-6,10,12,17H,2-4,7-9H2,1H3,(H,18,19). The molecule has 1 fully saturated rings. The van der Waals surface area contributed by atoms with Crippen LogP contribution in [-0.4, -0.2) is 32.1 Å². The number of amides is 1. The van der Waals surface area contributed by atoms with Gasteiger partial charge in [0, 0.05) is 18.2 Å². The summed E-state index contributed by atoms with van der Waals surface area (Å²) in [6.07, 6.45) is 4.54. The lowest BCUT2D eigenvalue weighted by Crippen LogP contribution is -2.37. The summed E-state index contributed by atoms with van der Waals surface area (Å²) in [5, 5.41) is 6.25. The monoisotopic (exact) mass is 280 g/mol. The molecule has 2 N–H and O–H groups in total. The van der Waals surface area contributed by atoms with E-state index < -0.39 is 5.82 Å². The molecule has 2 rings (SSSR count). The molecule has 0 saturated carbocycles. The van der Waals surface area contributed by atoms with Crippen molar-refractivity contribution in [2.45, 2.75) is 31.7 Å². The summed E-state index contributed by atoms with van der Waals surface area (Å²) >= 11 is 0. The van der Waals surface area contributed by atoms with Crippen LogP contribution in [0.5, 0.6) is 5.75 Å². The van der Waals surface area contributed by atoms with Crippen molar-refractivity contribution in [1.29, 1.82) is 0 Å². The van der Waals surface area contributed by atoms with Gasteiger partial charge in [0.25, 0.3) is 5.91 Å². The molecule has 20 heavy (non-hydrogen) atoms. The molecule has 1 heterocycles. The van der Waals surface area contributed by atoms with Crippen molar-refractivity contribution in [3.8, 4) is 5.75 Å². The number of hydrogen-bond donors (Lipinski definition) is 2. The highest BCUT2D eigenvalue weighted by molar-refractivity contribution is 5.94. The highest BCUT2D eigenvalue weighted by atomic mass is 19.1. The fourth-order valence-electron chi connectivity index (χ4n) is 2.44. The lowest BCUT2D eigenvalue weighted by Gasteiger charge is -2.23. The molecule has 110 valence electrons. The third kappa shape index (κ3) is 3.93. The van der Waals surface area contributed by atoms with Crippen molar-refractivity contribution in [2.24, 2.45) is 0 Å². The Balaban J connectivity index is 1.80. The second kappa shape index (κ2) is 7.24. The van der Waals surface area contributed by atoms with Crippen molar-refractivity contribution in [1.82, 2.24) is 10.6 Å². The van der Waals surface area contributed by atoms with Gasteiger partial charge in [-0.3, -0.25) is 4.79 Å². The van der Waals surface area contributed by atoms with Gasteiger partial charge in [0.1, 0.15) is 0 Å². The van der Waals surface area contributed by atoms with Gasteiger partial charge in [-0.1, -0.05) is 6.42 Å². The molecule has 1 unspecified atom stereocenters. The topological polar surface area (TPSA) is 50.4 Å². The molecule has 1 amide bonds. The van der Waals surface area contributed by atoms with Gasteiger partial charge in [-0.2, -0.15) is 0 Å². The normalized spacial score (nSPS) is 18.6. The van der Waals surface area contributed by atoms with E-state index in [-0.39, 0.29) is 11.7 Å². The number of piperidine rings is 1. The summed E-state index contributed by atoms with van der Waals surface area (Å²) in [5.41, 5.74) is 0.319. The molecule has 1 saturated heterocycles. The molecule has 5 heteroatoms. The van der Waals surface area contributed by atoms with Crippen LogP contribution < -0.4 is 15.4 Å². The van der Waals surface area contributed by atoms with Gasteiger partial charge in [-0.15, -0.1) is 0 Å². The Labute approximate surface area is 118 Å². The van der Waals surface area contributed by atoms with Gasteiger partial charge < -0.3 is 15.4 Å². The summed E-state index contributed by atoms with van der Waals surface area (Å²) in [6.45, 7) is 1.66. The van der Waals surface area contributed by atoms with E-state index in [0.29, 0.717) is 18.2 Å². The lowest BCUT2D eigenvalue weighted by atomic mass is 10.0. The Morgan fingerprint density at radius 3 is 3.00 bits per heavy atom. The van der Waals surface area contributed by atoms with Crippen molar-refractivity contribution in [3.05, 3.63) is 29.6 Å². The Morgan fingerprint density at radius 2 is 2.35 bits per heavy atom. The van der Waals surface area contributed by atoms with E-state index in [0.717, 1.165) is 19.4 Å². The van der Waals surface area contributed by atoms with E-state index in [2.05, 4.69) is 10.6 Å². The molecule has 0 aliphatic carbocycles. The van der Waals surface area contributed by atoms with Crippen LogP contribution in [0.4, 0.5) is 4.39 Å². The SMILES string of the molecule is COc1ccc(C(=O)NCCC2CCCCN2)cc1F. The van der Waals surface area contributed by atoms with E-state index in [9.17, 15) is 9.18 Å². The van der Waals surface area contributed by atoms with Crippen molar-refractivity contribution in [2.75, 3.05) is 20.2 Å². The lowest BCUT2D eigenvalue weighted by molar-refractivity contribution is 0.0951. The Bertz CT molecular complexity index is 459. The van der Waals surface area contributed by atoms with Gasteiger partial charge in [0.15, 0.2) is 11.6 Å². The first-order valence-corrected chi connectivity index (χ1v) is 7.06. The first-order chi connectivity index (χ1) is 9.70. The minimum Gasteiger partial charge on any atom is -0.494 e. The van der Waals surface area contributed by atoms with Crippen LogP contribution in [0.25, 0.3) is 0 Å². The predicted molar refractivity (Wildman–Crippen MR) is 75.5 cm³/mol. The number of rotatable bonds is 5. The minimum absolute atomic E-state index is 0.146. The molecule has 0 spiro atoms. The van der Waals surface area contributed by atoms with Gasteiger partial charge in [-0.25, -0.2) is 4.39 Å². The Hall–Kier alpha value is -1.62. The van der Waals surface area contributed by atoms with Crippen LogP contribution in [0, 0.1) is 5.82 Å². The summed E-state index contributed by atoms with van der Waals surface area (Å²) in [4.78, 5) is 11.9. The number of benzene rings is 1. The van der Waals surface area contributed by atoms with Crippen LogP contribution in [0.2, 0.25) is 0 Å². The summed E-state index contributed by atoms with van der Waals surface area (Å²) in [5.74, 6) is -0.621. The van der Waals surface area contributed by atoms with E-state index in [1.54, 1.807) is 6.07 Å². The number of carbonyl (C=O) groups excluding carboxylic acids is 1. The molecule has 1 aliphatic heterocycles. The minimum atomic E-state index is -0.519. The quantitative estimate of drug-likeness (QED) is 0.868. The number of halogens is 1. The maximum absolute atomic E-state index is 13.5. The van der Waals surface area contributed by atoms with Crippen LogP contribution in [0.1, 0.15) is 36.0 Å². The molecule has 1 aromatic carbocycles. The van der Waals surface area contributed by atoms with Crippen molar-refractivity contribution in [3.63, 3.8) is 0 Å². The zero-order valence-corrected chi connectivity index (χ0v) is 11.7. The number of methoxy groups -OCH3 is 1. The number of nitrogens with one attached hydrogen (secondary N) is 2. The third-order valence-electron chi connectivity index (χ3n) is 3.60. The molecular weight excluding hydrogens is 259 g/mol. The summed E-state index contributed by atoms with van der Waals surface area (Å²) in [6, 6.07) is 4.72. The zero-order chi connectivity index (χ0) is 14.4. The second-order valence-corrected chi connectivity index (χ2v) is 5.04. The largest absolute Gasteiger partial charge is 0.494 e. The van der Waals surface area contributed by atoms with Crippen molar-refractivity contribution >= 4 is 5.91 Å². The zero-order valence-electron chi connectivity index (χ0n) is 11.7. The average molecular weight is 280 g/mol. The molecule has 1 aliphatic rings. The number of carbonyl (C=O) groups is 1. The molecule has 1 aromatic rings. The van der Waals surface area contributed by atoms with E-state index in [1.807, 2.05) is 0 Å². The summed E-state index contributed by atoms with van der Waals surface area (Å²) in [7, 11) is 1.40. The average Bonchev–Trinajstić information content (AvgIpc) is 2.48. The van der Waals surface area contributed by atoms with E-state index in [4.69, 9.17) is 4.74 Å². The molecule has 1 atom stereocenters. The number of hydrogen-bond acceptors (Lipinski definition) is 3. The Kier molecular flexibility index (Phi) is 5.35. The van der Waals surface area contributed by atoms with Gasteiger partial charge in [0.05, 0.1) is 7.11 Å². The smallest absolute Gasteiger partial charge is 0.251 e. The second-order valence-electron chi connectivity index (χ2n) is 5.04. The molecule has 4 nitrogen and oxygen atoms in total. The highest BCUT2D eigenvalue weighted by Crippen LogP contribution is 2.17. The summed E-state index contributed by atoms with van der Waals surface area (Å²) < 4.78 is 18.3. The van der Waals surface area contributed by atoms with E-state index >= 15 is 0 Å². The van der Waals surface area contributed by atoms with E-state index in [1.165, 1.54) is 32.1 Å². The maximum atomic E-state index is 13.5. The van der Waals surface area contributed by atoms with Crippen LogP contribution in [0.15, 0.2) is 18.2 Å².